The lowest BCUT2D eigenvalue weighted by atomic mass is 10.1. The third-order valence-corrected chi connectivity index (χ3v) is 2.12. The van der Waals surface area contributed by atoms with Crippen LogP contribution in [0.2, 0.25) is 0 Å². The second kappa shape index (κ2) is 4.39. The van der Waals surface area contributed by atoms with Gasteiger partial charge < -0.3 is 5.32 Å². The van der Waals surface area contributed by atoms with Gasteiger partial charge in [0.15, 0.2) is 0 Å². The molecule has 0 aromatic carbocycles. The number of halogens is 1. The van der Waals surface area contributed by atoms with Gasteiger partial charge in [0.1, 0.15) is 0 Å². The molecule has 2 N–H and O–H groups in total. The summed E-state index contributed by atoms with van der Waals surface area (Å²) in [5.41, 5.74) is 0.795. The number of nitrogens with zero attached hydrogens (tertiary/aromatic N) is 1. The van der Waals surface area contributed by atoms with Gasteiger partial charge in [0, 0.05) is 6.07 Å². The van der Waals surface area contributed by atoms with Crippen LogP contribution in [0.5, 0.6) is 0 Å². The number of nitrogens with one attached hydrogen (secondary N) is 2. The van der Waals surface area contributed by atoms with E-state index in [2.05, 4.69) is 15.5 Å². The minimum atomic E-state index is -0.142. The molecule has 0 radical (unpaired) electrons. The first-order chi connectivity index (χ1) is 5.86. The van der Waals surface area contributed by atoms with Crippen LogP contribution in [0.15, 0.2) is 16.9 Å². The van der Waals surface area contributed by atoms with Crippen molar-refractivity contribution in [3.05, 3.63) is 28.2 Å². The van der Waals surface area contributed by atoms with Crippen LogP contribution in [-0.2, 0) is 0 Å². The Kier molecular flexibility index (Phi) is 3.45. The molecule has 1 aromatic heterocycles. The molecule has 5 heteroatoms. The first-order valence-electron chi connectivity index (χ1n) is 4.15. The molecule has 13 heavy (non-hydrogen) atoms. The van der Waals surface area contributed by atoms with E-state index in [9.17, 15) is 4.79 Å². The summed E-state index contributed by atoms with van der Waals surface area (Å²) in [6.07, 6.45) is 2.30. The zero-order chi connectivity index (χ0) is 8.39. The molecule has 1 unspecified atom stereocenters. The smallest absolute Gasteiger partial charge is 0.264 e. The molecule has 0 aliphatic carbocycles. The van der Waals surface area contributed by atoms with E-state index in [0.717, 1.165) is 18.7 Å². The molecule has 1 atom stereocenters. The molecular weight excluding hydrogens is 190 g/mol. The Hall–Kier alpha value is -0.870. The normalized spacial score (nSPS) is 21.1. The third-order valence-electron chi connectivity index (χ3n) is 2.12. The van der Waals surface area contributed by atoms with Crippen molar-refractivity contribution in [1.29, 1.82) is 0 Å². The molecule has 1 saturated heterocycles. The van der Waals surface area contributed by atoms with Gasteiger partial charge in [0.2, 0.25) is 0 Å². The average Bonchev–Trinajstić information content (AvgIpc) is 2.58. The zero-order valence-corrected chi connectivity index (χ0v) is 7.93. The fourth-order valence-corrected chi connectivity index (χ4v) is 1.49. The van der Waals surface area contributed by atoms with Gasteiger partial charge in [-0.1, -0.05) is 0 Å². The molecule has 0 spiro atoms. The molecule has 4 nitrogen and oxygen atoms in total. The predicted molar refractivity (Wildman–Crippen MR) is 52.1 cm³/mol. The van der Waals surface area contributed by atoms with Crippen LogP contribution in [0.4, 0.5) is 0 Å². The number of aromatic nitrogens is 2. The van der Waals surface area contributed by atoms with E-state index < -0.39 is 0 Å². The summed E-state index contributed by atoms with van der Waals surface area (Å²) in [6.45, 7) is 1.05. The fourth-order valence-electron chi connectivity index (χ4n) is 1.49. The number of hydrogen-bond donors (Lipinski definition) is 2. The minimum absolute atomic E-state index is 0. The van der Waals surface area contributed by atoms with E-state index >= 15 is 0 Å². The van der Waals surface area contributed by atoms with E-state index in [1.807, 2.05) is 0 Å². The Balaban J connectivity index is 0.000000845. The van der Waals surface area contributed by atoms with Gasteiger partial charge >= 0.3 is 0 Å². The first-order valence-corrected chi connectivity index (χ1v) is 4.15. The van der Waals surface area contributed by atoms with Gasteiger partial charge in [-0.2, -0.15) is 5.10 Å². The Morgan fingerprint density at radius 3 is 2.85 bits per heavy atom. The van der Waals surface area contributed by atoms with Crippen molar-refractivity contribution in [2.75, 3.05) is 6.54 Å². The molecule has 0 saturated carbocycles. The van der Waals surface area contributed by atoms with Gasteiger partial charge in [0.05, 0.1) is 11.7 Å². The highest BCUT2D eigenvalue weighted by Gasteiger charge is 2.16. The van der Waals surface area contributed by atoms with Crippen LogP contribution in [0.3, 0.4) is 0 Å². The summed E-state index contributed by atoms with van der Waals surface area (Å²) in [4.78, 5) is 10.7. The Labute approximate surface area is 82.2 Å². The lowest BCUT2D eigenvalue weighted by molar-refractivity contribution is 0.614. The minimum Gasteiger partial charge on any atom is -0.309 e. The van der Waals surface area contributed by atoms with Crippen molar-refractivity contribution >= 4 is 12.4 Å². The van der Waals surface area contributed by atoms with Crippen molar-refractivity contribution in [3.63, 3.8) is 0 Å². The average molecular weight is 202 g/mol. The maximum absolute atomic E-state index is 10.7. The highest BCUT2D eigenvalue weighted by atomic mass is 35.5. The number of hydrogen-bond acceptors (Lipinski definition) is 3. The van der Waals surface area contributed by atoms with Gasteiger partial charge in [0.25, 0.3) is 5.56 Å². The number of aromatic amines is 1. The Morgan fingerprint density at radius 2 is 2.31 bits per heavy atom. The standard InChI is InChI=1S/C8H11N3O.ClH/c12-8-4-3-7(10-11-8)6-2-1-5-9-6;/h3-4,6,9H,1-2,5H2,(H,11,12);1H. The van der Waals surface area contributed by atoms with Crippen molar-refractivity contribution in [2.45, 2.75) is 18.9 Å². The summed E-state index contributed by atoms with van der Waals surface area (Å²) in [5, 5.41) is 9.70. The van der Waals surface area contributed by atoms with Crippen molar-refractivity contribution in [3.8, 4) is 0 Å². The summed E-state index contributed by atoms with van der Waals surface area (Å²) < 4.78 is 0. The van der Waals surface area contributed by atoms with E-state index in [1.54, 1.807) is 6.07 Å². The lowest BCUT2D eigenvalue weighted by Crippen LogP contribution is -2.17. The molecular formula is C8H12ClN3O. The topological polar surface area (TPSA) is 57.8 Å². The van der Waals surface area contributed by atoms with Gasteiger partial charge in [-0.05, 0) is 25.5 Å². The van der Waals surface area contributed by atoms with Crippen LogP contribution in [0.1, 0.15) is 24.6 Å². The highest BCUT2D eigenvalue weighted by Crippen LogP contribution is 2.19. The molecule has 72 valence electrons. The van der Waals surface area contributed by atoms with E-state index in [0.29, 0.717) is 6.04 Å². The second-order valence-corrected chi connectivity index (χ2v) is 2.99. The molecule has 0 amide bonds. The molecule has 2 heterocycles. The molecule has 1 aliphatic heterocycles. The molecule has 1 fully saturated rings. The predicted octanol–water partition coefficient (Wildman–Crippen LogP) is 0.616. The lowest BCUT2D eigenvalue weighted by Gasteiger charge is -2.06. The summed E-state index contributed by atoms with van der Waals surface area (Å²) >= 11 is 0. The second-order valence-electron chi connectivity index (χ2n) is 2.99. The Morgan fingerprint density at radius 1 is 1.46 bits per heavy atom. The summed E-state index contributed by atoms with van der Waals surface area (Å²) in [5.74, 6) is 0. The SMILES string of the molecule is Cl.O=c1ccc(C2CCCN2)n[nH]1. The maximum atomic E-state index is 10.7. The van der Waals surface area contributed by atoms with E-state index in [4.69, 9.17) is 0 Å². The van der Waals surface area contributed by atoms with Crippen LogP contribution in [0.25, 0.3) is 0 Å². The van der Waals surface area contributed by atoms with Crippen LogP contribution >= 0.6 is 12.4 Å². The summed E-state index contributed by atoms with van der Waals surface area (Å²) in [7, 11) is 0. The number of H-pyrrole nitrogens is 1. The fraction of sp³-hybridized carbons (Fsp3) is 0.500. The van der Waals surface area contributed by atoms with Crippen LogP contribution < -0.4 is 10.9 Å². The van der Waals surface area contributed by atoms with Gasteiger partial charge in [-0.3, -0.25) is 4.79 Å². The van der Waals surface area contributed by atoms with E-state index in [1.165, 1.54) is 12.5 Å². The van der Waals surface area contributed by atoms with Crippen molar-refractivity contribution < 1.29 is 0 Å². The van der Waals surface area contributed by atoms with Crippen molar-refractivity contribution in [2.24, 2.45) is 0 Å². The monoisotopic (exact) mass is 201 g/mol. The third kappa shape index (κ3) is 2.29. The zero-order valence-electron chi connectivity index (χ0n) is 7.12. The molecule has 0 bridgehead atoms. The number of rotatable bonds is 1. The molecule has 1 aromatic rings. The highest BCUT2D eigenvalue weighted by molar-refractivity contribution is 5.85. The Bertz CT molecular complexity index is 299. The molecule has 1 aliphatic rings. The van der Waals surface area contributed by atoms with Crippen LogP contribution in [0, 0.1) is 0 Å². The van der Waals surface area contributed by atoms with Gasteiger partial charge in [-0.15, -0.1) is 12.4 Å². The van der Waals surface area contributed by atoms with Gasteiger partial charge in [-0.25, -0.2) is 5.10 Å². The molecule has 2 rings (SSSR count). The largest absolute Gasteiger partial charge is 0.309 e. The maximum Gasteiger partial charge on any atom is 0.264 e. The quantitative estimate of drug-likeness (QED) is 0.700. The summed E-state index contributed by atoms with van der Waals surface area (Å²) in [6, 6.07) is 3.63. The van der Waals surface area contributed by atoms with E-state index in [-0.39, 0.29) is 18.0 Å². The first kappa shape index (κ1) is 10.2. The van der Waals surface area contributed by atoms with Crippen molar-refractivity contribution in [1.82, 2.24) is 15.5 Å². The van der Waals surface area contributed by atoms with Crippen LogP contribution in [-0.4, -0.2) is 16.7 Å².